The fourth-order valence-corrected chi connectivity index (χ4v) is 2.84. The summed E-state index contributed by atoms with van der Waals surface area (Å²) in [7, 11) is 3.15. The predicted octanol–water partition coefficient (Wildman–Crippen LogP) is 4.34. The third kappa shape index (κ3) is 4.50. The molecular weight excluding hydrogens is 356 g/mol. The van der Waals surface area contributed by atoms with Gasteiger partial charge in [0.05, 0.1) is 19.8 Å². The van der Waals surface area contributed by atoms with Gasteiger partial charge in [0.15, 0.2) is 6.10 Å². The van der Waals surface area contributed by atoms with Gasteiger partial charge in [-0.2, -0.15) is 0 Å². The van der Waals surface area contributed by atoms with Crippen molar-refractivity contribution in [1.29, 1.82) is 0 Å². The number of rotatable bonds is 7. The zero-order valence-corrected chi connectivity index (χ0v) is 15.7. The number of esters is 1. The number of carbonyl (C=O) groups is 1. The Hall–Kier alpha value is -3.31. The van der Waals surface area contributed by atoms with E-state index in [-0.39, 0.29) is 0 Å². The molecule has 0 aliphatic heterocycles. The molecule has 0 heterocycles. The lowest BCUT2D eigenvalue weighted by atomic mass is 9.97. The second-order valence-electron chi connectivity index (χ2n) is 6.18. The van der Waals surface area contributed by atoms with Gasteiger partial charge in [-0.15, -0.1) is 0 Å². The summed E-state index contributed by atoms with van der Waals surface area (Å²) in [5, 5.41) is 11.0. The van der Waals surface area contributed by atoms with E-state index >= 15 is 0 Å². The van der Waals surface area contributed by atoms with Gasteiger partial charge in [-0.25, -0.2) is 4.79 Å². The van der Waals surface area contributed by atoms with Crippen LogP contribution in [0.4, 0.5) is 0 Å². The highest BCUT2D eigenvalue weighted by Crippen LogP contribution is 2.34. The molecule has 0 spiro atoms. The lowest BCUT2D eigenvalue weighted by molar-refractivity contribution is -0.0209. The van der Waals surface area contributed by atoms with E-state index in [0.717, 1.165) is 0 Å². The highest BCUT2D eigenvalue weighted by Gasteiger charge is 2.27. The summed E-state index contributed by atoms with van der Waals surface area (Å²) in [6.07, 6.45) is -1.93. The quantitative estimate of drug-likeness (QED) is 0.620. The normalized spacial score (nSPS) is 12.7. The Balaban J connectivity index is 1.91. The van der Waals surface area contributed by atoms with E-state index in [1.165, 1.54) is 0 Å². The molecule has 0 aliphatic rings. The van der Waals surface area contributed by atoms with E-state index in [0.29, 0.717) is 28.2 Å². The molecule has 0 radical (unpaired) electrons. The van der Waals surface area contributed by atoms with Crippen molar-refractivity contribution in [3.05, 3.63) is 95.6 Å². The van der Waals surface area contributed by atoms with Crippen molar-refractivity contribution in [2.75, 3.05) is 14.2 Å². The van der Waals surface area contributed by atoms with E-state index in [1.54, 1.807) is 87.0 Å². The SMILES string of the molecule is COc1ccc(C(O)C(OC(=O)c2ccccc2)c2ccc(OC)cc2)cc1. The summed E-state index contributed by atoms with van der Waals surface area (Å²) < 4.78 is 16.1. The first-order chi connectivity index (χ1) is 13.6. The van der Waals surface area contributed by atoms with Crippen molar-refractivity contribution in [3.63, 3.8) is 0 Å². The van der Waals surface area contributed by atoms with E-state index in [2.05, 4.69) is 0 Å². The van der Waals surface area contributed by atoms with Crippen molar-refractivity contribution in [2.45, 2.75) is 12.2 Å². The van der Waals surface area contributed by atoms with Crippen LogP contribution in [-0.2, 0) is 4.74 Å². The maximum Gasteiger partial charge on any atom is 0.338 e. The minimum atomic E-state index is -1.05. The van der Waals surface area contributed by atoms with E-state index in [1.807, 2.05) is 6.07 Å². The molecule has 28 heavy (non-hydrogen) atoms. The predicted molar refractivity (Wildman–Crippen MR) is 106 cm³/mol. The molecule has 0 aliphatic carbocycles. The van der Waals surface area contributed by atoms with Crippen LogP contribution in [0.1, 0.15) is 33.7 Å². The molecule has 2 atom stereocenters. The molecule has 144 valence electrons. The van der Waals surface area contributed by atoms with Crippen molar-refractivity contribution in [1.82, 2.24) is 0 Å². The molecule has 1 N–H and O–H groups in total. The molecule has 0 amide bonds. The van der Waals surface area contributed by atoms with E-state index in [4.69, 9.17) is 14.2 Å². The first-order valence-electron chi connectivity index (χ1n) is 8.84. The third-order valence-electron chi connectivity index (χ3n) is 4.43. The highest BCUT2D eigenvalue weighted by atomic mass is 16.6. The molecule has 3 aromatic rings. The van der Waals surface area contributed by atoms with Gasteiger partial charge in [-0.1, -0.05) is 42.5 Å². The van der Waals surface area contributed by atoms with Gasteiger partial charge in [0.25, 0.3) is 0 Å². The van der Waals surface area contributed by atoms with Crippen LogP contribution in [0.5, 0.6) is 11.5 Å². The lowest BCUT2D eigenvalue weighted by Crippen LogP contribution is -2.18. The average molecular weight is 378 g/mol. The molecule has 3 aromatic carbocycles. The van der Waals surface area contributed by atoms with Gasteiger partial charge in [-0.05, 0) is 47.5 Å². The van der Waals surface area contributed by atoms with Crippen LogP contribution in [0.25, 0.3) is 0 Å². The number of hydrogen-bond donors (Lipinski definition) is 1. The standard InChI is InChI=1S/C23H22O5/c1-26-19-12-8-16(9-13-19)21(24)22(17-10-14-20(27-2)15-11-17)28-23(25)18-6-4-3-5-7-18/h3-15,21-22,24H,1-2H3. The molecular formula is C23H22O5. The van der Waals surface area contributed by atoms with Gasteiger partial charge in [0.2, 0.25) is 0 Å². The zero-order chi connectivity index (χ0) is 19.9. The van der Waals surface area contributed by atoms with Gasteiger partial charge in [0, 0.05) is 0 Å². The van der Waals surface area contributed by atoms with Crippen LogP contribution in [0.15, 0.2) is 78.9 Å². The minimum Gasteiger partial charge on any atom is -0.497 e. The Kier molecular flexibility index (Phi) is 6.29. The van der Waals surface area contributed by atoms with Gasteiger partial charge < -0.3 is 19.3 Å². The van der Waals surface area contributed by atoms with Crippen molar-refractivity contribution < 1.29 is 24.1 Å². The van der Waals surface area contributed by atoms with Gasteiger partial charge in [0.1, 0.15) is 17.6 Å². The van der Waals surface area contributed by atoms with Crippen LogP contribution in [0.3, 0.4) is 0 Å². The Morgan fingerprint density at radius 2 is 1.25 bits per heavy atom. The van der Waals surface area contributed by atoms with E-state index in [9.17, 15) is 9.90 Å². The second kappa shape index (κ2) is 9.06. The van der Waals surface area contributed by atoms with Crippen LogP contribution >= 0.6 is 0 Å². The fourth-order valence-electron chi connectivity index (χ4n) is 2.84. The Labute approximate surface area is 164 Å². The Morgan fingerprint density at radius 1 is 0.750 bits per heavy atom. The van der Waals surface area contributed by atoms with Gasteiger partial charge >= 0.3 is 5.97 Å². The molecule has 0 saturated heterocycles. The molecule has 0 aromatic heterocycles. The molecule has 5 nitrogen and oxygen atoms in total. The smallest absolute Gasteiger partial charge is 0.338 e. The number of ether oxygens (including phenoxy) is 3. The number of methoxy groups -OCH3 is 2. The first kappa shape index (κ1) is 19.5. The first-order valence-corrected chi connectivity index (χ1v) is 8.84. The van der Waals surface area contributed by atoms with E-state index < -0.39 is 18.2 Å². The summed E-state index contributed by atoms with van der Waals surface area (Å²) in [6, 6.07) is 22.8. The van der Waals surface area contributed by atoms with Crippen molar-refractivity contribution in [2.24, 2.45) is 0 Å². The number of benzene rings is 3. The van der Waals surface area contributed by atoms with Crippen LogP contribution < -0.4 is 9.47 Å². The third-order valence-corrected chi connectivity index (χ3v) is 4.43. The summed E-state index contributed by atoms with van der Waals surface area (Å²) >= 11 is 0. The molecule has 0 saturated carbocycles. The lowest BCUT2D eigenvalue weighted by Gasteiger charge is -2.24. The molecule has 0 fully saturated rings. The fraction of sp³-hybridized carbons (Fsp3) is 0.174. The topological polar surface area (TPSA) is 65.0 Å². The van der Waals surface area contributed by atoms with Crippen LogP contribution in [0, 0.1) is 0 Å². The largest absolute Gasteiger partial charge is 0.497 e. The Morgan fingerprint density at radius 3 is 1.75 bits per heavy atom. The molecule has 3 rings (SSSR count). The number of aliphatic hydroxyl groups excluding tert-OH is 1. The number of hydrogen-bond acceptors (Lipinski definition) is 5. The monoisotopic (exact) mass is 378 g/mol. The van der Waals surface area contributed by atoms with Crippen molar-refractivity contribution in [3.8, 4) is 11.5 Å². The van der Waals surface area contributed by atoms with Crippen LogP contribution in [0.2, 0.25) is 0 Å². The second-order valence-corrected chi connectivity index (χ2v) is 6.18. The highest BCUT2D eigenvalue weighted by molar-refractivity contribution is 5.89. The molecule has 2 unspecified atom stereocenters. The van der Waals surface area contributed by atoms with Gasteiger partial charge in [-0.3, -0.25) is 0 Å². The summed E-state index contributed by atoms with van der Waals surface area (Å²) in [6.45, 7) is 0. The molecule has 5 heteroatoms. The van der Waals surface area contributed by atoms with Crippen molar-refractivity contribution >= 4 is 5.97 Å². The summed E-state index contributed by atoms with van der Waals surface area (Å²) in [5.41, 5.74) is 1.69. The molecule has 0 bridgehead atoms. The summed E-state index contributed by atoms with van der Waals surface area (Å²) in [4.78, 5) is 12.6. The zero-order valence-electron chi connectivity index (χ0n) is 15.7. The number of carbonyl (C=O) groups excluding carboxylic acids is 1. The minimum absolute atomic E-state index is 0.419. The summed E-state index contributed by atoms with van der Waals surface area (Å²) in [5.74, 6) is 0.850. The Bertz CT molecular complexity index is 889. The maximum absolute atomic E-state index is 12.6. The van der Waals surface area contributed by atoms with Crippen LogP contribution in [-0.4, -0.2) is 25.3 Å². The number of aliphatic hydroxyl groups is 1. The average Bonchev–Trinajstić information content (AvgIpc) is 2.77. The maximum atomic E-state index is 12.6.